The van der Waals surface area contributed by atoms with Crippen molar-refractivity contribution in [2.45, 2.75) is 13.8 Å². The molecule has 0 saturated carbocycles. The van der Waals surface area contributed by atoms with Gasteiger partial charge < -0.3 is 11.1 Å². The average Bonchev–Trinajstić information content (AvgIpc) is 2.32. The Bertz CT molecular complexity index is 595. The zero-order valence-electron chi connectivity index (χ0n) is 10.3. The van der Waals surface area contributed by atoms with Gasteiger partial charge in [0.1, 0.15) is 0 Å². The highest BCUT2D eigenvalue weighted by molar-refractivity contribution is 6.07. The van der Waals surface area contributed by atoms with E-state index in [0.29, 0.717) is 16.9 Å². The van der Waals surface area contributed by atoms with E-state index in [9.17, 15) is 4.79 Å². The minimum Gasteiger partial charge on any atom is -0.398 e. The Hall–Kier alpha value is -2.43. The van der Waals surface area contributed by atoms with E-state index in [1.165, 1.54) is 6.20 Å². The SMILES string of the molecule is Cc1cc(N)c(C(=O)Nc2cccnc2C)cn1. The second-order valence-corrected chi connectivity index (χ2v) is 4.00. The van der Waals surface area contributed by atoms with E-state index in [1.807, 2.05) is 13.8 Å². The van der Waals surface area contributed by atoms with Gasteiger partial charge in [-0.15, -0.1) is 0 Å². The molecule has 0 bridgehead atoms. The van der Waals surface area contributed by atoms with Crippen LogP contribution >= 0.6 is 0 Å². The molecule has 0 aliphatic rings. The van der Waals surface area contributed by atoms with E-state index in [2.05, 4.69) is 15.3 Å². The number of pyridine rings is 2. The third-order valence-electron chi connectivity index (χ3n) is 2.57. The number of aryl methyl sites for hydroxylation is 2. The van der Waals surface area contributed by atoms with Crippen LogP contribution in [0, 0.1) is 13.8 Å². The molecule has 0 unspecified atom stereocenters. The zero-order chi connectivity index (χ0) is 13.1. The second-order valence-electron chi connectivity index (χ2n) is 4.00. The predicted octanol–water partition coefficient (Wildman–Crippen LogP) is 1.93. The molecule has 0 fully saturated rings. The van der Waals surface area contributed by atoms with Crippen molar-refractivity contribution in [3.63, 3.8) is 0 Å². The summed E-state index contributed by atoms with van der Waals surface area (Å²) < 4.78 is 0. The van der Waals surface area contributed by atoms with Gasteiger partial charge in [-0.05, 0) is 32.0 Å². The molecule has 0 spiro atoms. The Labute approximate surface area is 105 Å². The van der Waals surface area contributed by atoms with Crippen molar-refractivity contribution >= 4 is 17.3 Å². The standard InChI is InChI=1S/C13H14N4O/c1-8-6-11(14)10(7-16-8)13(18)17-12-4-3-5-15-9(12)2/h3-7H,1-2H3,(H2,14,16)(H,17,18). The zero-order valence-corrected chi connectivity index (χ0v) is 10.3. The monoisotopic (exact) mass is 242 g/mol. The number of carbonyl (C=O) groups excluding carboxylic acids is 1. The molecule has 0 radical (unpaired) electrons. The average molecular weight is 242 g/mol. The summed E-state index contributed by atoms with van der Waals surface area (Å²) in [7, 11) is 0. The van der Waals surface area contributed by atoms with Crippen molar-refractivity contribution in [2.24, 2.45) is 0 Å². The topological polar surface area (TPSA) is 80.9 Å². The third kappa shape index (κ3) is 2.45. The molecule has 2 aromatic rings. The van der Waals surface area contributed by atoms with Gasteiger partial charge in [0.25, 0.3) is 5.91 Å². The Kier molecular flexibility index (Phi) is 3.23. The van der Waals surface area contributed by atoms with Crippen LogP contribution in [0.4, 0.5) is 11.4 Å². The Morgan fingerprint density at radius 3 is 2.78 bits per heavy atom. The lowest BCUT2D eigenvalue weighted by Crippen LogP contribution is -2.15. The van der Waals surface area contributed by atoms with Gasteiger partial charge >= 0.3 is 0 Å². The molecule has 2 heterocycles. The van der Waals surface area contributed by atoms with Crippen LogP contribution in [0.15, 0.2) is 30.6 Å². The third-order valence-corrected chi connectivity index (χ3v) is 2.57. The minimum absolute atomic E-state index is 0.281. The van der Waals surface area contributed by atoms with Crippen LogP contribution in [0.1, 0.15) is 21.7 Å². The number of rotatable bonds is 2. The largest absolute Gasteiger partial charge is 0.398 e. The number of nitrogens with two attached hydrogens (primary N) is 1. The lowest BCUT2D eigenvalue weighted by molar-refractivity contribution is 0.102. The highest BCUT2D eigenvalue weighted by atomic mass is 16.1. The summed E-state index contributed by atoms with van der Waals surface area (Å²) in [6, 6.07) is 5.22. The maximum Gasteiger partial charge on any atom is 0.259 e. The second kappa shape index (κ2) is 4.83. The molecule has 92 valence electrons. The number of anilines is 2. The molecule has 5 nitrogen and oxygen atoms in total. The fraction of sp³-hybridized carbons (Fsp3) is 0.154. The van der Waals surface area contributed by atoms with Crippen molar-refractivity contribution in [2.75, 3.05) is 11.1 Å². The molecule has 1 amide bonds. The lowest BCUT2D eigenvalue weighted by Gasteiger charge is -2.09. The first-order valence-corrected chi connectivity index (χ1v) is 5.53. The highest BCUT2D eigenvalue weighted by Crippen LogP contribution is 2.16. The molecule has 0 aliphatic heterocycles. The summed E-state index contributed by atoms with van der Waals surface area (Å²) in [4.78, 5) is 20.2. The molecule has 18 heavy (non-hydrogen) atoms. The number of hydrogen-bond donors (Lipinski definition) is 2. The summed E-state index contributed by atoms with van der Waals surface area (Å²) >= 11 is 0. The van der Waals surface area contributed by atoms with Gasteiger partial charge in [-0.2, -0.15) is 0 Å². The molecule has 0 atom stereocenters. The first kappa shape index (κ1) is 12.0. The summed E-state index contributed by atoms with van der Waals surface area (Å²) in [6.45, 7) is 3.65. The molecule has 2 rings (SSSR count). The van der Waals surface area contributed by atoms with Gasteiger partial charge in [0.05, 0.1) is 16.9 Å². The van der Waals surface area contributed by atoms with Crippen molar-refractivity contribution in [3.05, 3.63) is 47.5 Å². The van der Waals surface area contributed by atoms with Crippen molar-refractivity contribution in [1.82, 2.24) is 9.97 Å². The molecular weight excluding hydrogens is 228 g/mol. The van der Waals surface area contributed by atoms with E-state index in [4.69, 9.17) is 5.73 Å². The van der Waals surface area contributed by atoms with E-state index in [0.717, 1.165) is 11.4 Å². The summed E-state index contributed by atoms with van der Waals surface area (Å²) in [5, 5.41) is 2.77. The van der Waals surface area contributed by atoms with Gasteiger partial charge in [-0.25, -0.2) is 0 Å². The first-order chi connectivity index (χ1) is 8.58. The predicted molar refractivity (Wildman–Crippen MR) is 70.3 cm³/mol. The van der Waals surface area contributed by atoms with Crippen LogP contribution < -0.4 is 11.1 Å². The molecule has 0 saturated heterocycles. The van der Waals surface area contributed by atoms with Crippen LogP contribution in [0.3, 0.4) is 0 Å². The van der Waals surface area contributed by atoms with E-state index in [-0.39, 0.29) is 5.91 Å². The number of nitrogen functional groups attached to an aromatic ring is 1. The fourth-order valence-corrected chi connectivity index (χ4v) is 1.58. The molecule has 0 aromatic carbocycles. The van der Waals surface area contributed by atoms with Crippen LogP contribution in [-0.2, 0) is 0 Å². The van der Waals surface area contributed by atoms with Gasteiger partial charge in [0.2, 0.25) is 0 Å². The van der Waals surface area contributed by atoms with Crippen LogP contribution in [0.25, 0.3) is 0 Å². The molecule has 5 heteroatoms. The number of hydrogen-bond acceptors (Lipinski definition) is 4. The van der Waals surface area contributed by atoms with Gasteiger partial charge in [0.15, 0.2) is 0 Å². The molecule has 3 N–H and O–H groups in total. The summed E-state index contributed by atoms with van der Waals surface area (Å²) in [5.74, 6) is -0.281. The van der Waals surface area contributed by atoms with Crippen LogP contribution in [-0.4, -0.2) is 15.9 Å². The Morgan fingerprint density at radius 2 is 2.11 bits per heavy atom. The normalized spacial score (nSPS) is 10.1. The number of carbonyl (C=O) groups is 1. The number of amides is 1. The van der Waals surface area contributed by atoms with Crippen LogP contribution in [0.5, 0.6) is 0 Å². The number of aromatic nitrogens is 2. The quantitative estimate of drug-likeness (QED) is 0.843. The van der Waals surface area contributed by atoms with Gasteiger partial charge in [-0.3, -0.25) is 14.8 Å². The first-order valence-electron chi connectivity index (χ1n) is 5.53. The smallest absolute Gasteiger partial charge is 0.259 e. The minimum atomic E-state index is -0.281. The summed E-state index contributed by atoms with van der Waals surface area (Å²) in [6.07, 6.45) is 3.15. The maximum absolute atomic E-state index is 12.0. The molecule has 2 aromatic heterocycles. The van der Waals surface area contributed by atoms with Crippen molar-refractivity contribution in [3.8, 4) is 0 Å². The lowest BCUT2D eigenvalue weighted by atomic mass is 10.2. The number of nitrogens with one attached hydrogen (secondary N) is 1. The fourth-order valence-electron chi connectivity index (χ4n) is 1.58. The van der Waals surface area contributed by atoms with Gasteiger partial charge in [0, 0.05) is 23.8 Å². The molecular formula is C13H14N4O. The maximum atomic E-state index is 12.0. The molecule has 0 aliphatic carbocycles. The van der Waals surface area contributed by atoms with Gasteiger partial charge in [-0.1, -0.05) is 0 Å². The van der Waals surface area contributed by atoms with E-state index < -0.39 is 0 Å². The number of nitrogens with zero attached hydrogens (tertiary/aromatic N) is 2. The van der Waals surface area contributed by atoms with Crippen molar-refractivity contribution in [1.29, 1.82) is 0 Å². The van der Waals surface area contributed by atoms with Crippen molar-refractivity contribution < 1.29 is 4.79 Å². The van der Waals surface area contributed by atoms with E-state index in [1.54, 1.807) is 24.4 Å². The summed E-state index contributed by atoms with van der Waals surface area (Å²) in [5.41, 5.74) is 8.78. The van der Waals surface area contributed by atoms with E-state index >= 15 is 0 Å². The Balaban J connectivity index is 2.25. The van der Waals surface area contributed by atoms with Crippen LogP contribution in [0.2, 0.25) is 0 Å². The Morgan fingerprint density at radius 1 is 1.33 bits per heavy atom. The highest BCUT2D eigenvalue weighted by Gasteiger charge is 2.11.